The van der Waals surface area contributed by atoms with Crippen molar-refractivity contribution in [1.82, 2.24) is 4.31 Å². The van der Waals surface area contributed by atoms with Gasteiger partial charge in [0.2, 0.25) is 10.0 Å². The number of halogens is 1. The molecule has 7 heteroatoms. The molecule has 0 bridgehead atoms. The topological polar surface area (TPSA) is 74.7 Å². The van der Waals surface area contributed by atoms with Gasteiger partial charge in [0.1, 0.15) is 0 Å². The van der Waals surface area contributed by atoms with Crippen LogP contribution in [0.5, 0.6) is 0 Å². The Labute approximate surface area is 169 Å². The lowest BCUT2D eigenvalue weighted by atomic mass is 9.77. The summed E-state index contributed by atoms with van der Waals surface area (Å²) in [6, 6.07) is 10.6. The zero-order chi connectivity index (χ0) is 20.4. The Morgan fingerprint density at radius 3 is 2.39 bits per heavy atom. The molecule has 0 aromatic heterocycles. The Morgan fingerprint density at radius 1 is 1.14 bits per heavy atom. The average Bonchev–Trinajstić information content (AvgIpc) is 3.04. The smallest absolute Gasteiger partial charge is 0.333 e. The van der Waals surface area contributed by atoms with Crippen LogP contribution in [0.25, 0.3) is 0 Å². The van der Waals surface area contributed by atoms with Gasteiger partial charge in [-0.15, -0.1) is 0 Å². The number of carboxylic acid groups (broad SMARTS) is 1. The first kappa shape index (κ1) is 19.2. The lowest BCUT2D eigenvalue weighted by molar-refractivity contribution is -0.133. The Hall–Kier alpha value is -2.15. The number of carboxylic acids is 1. The summed E-state index contributed by atoms with van der Waals surface area (Å²) in [5.41, 5.74) is 1.43. The molecule has 4 rings (SSSR count). The standard InChI is InChI=1S/C21H20ClNO4S/c1-12-5-4-6-16-19(12)28(26,27)23-17(21(16,2)3)11-15(20(24)25)18(23)13-7-9-14(22)10-8-13/h4-11,17-18H,1-3H3,(H,24,25). The third-order valence-corrected chi connectivity index (χ3v) is 8.08. The van der Waals surface area contributed by atoms with Crippen LogP contribution in [0.1, 0.15) is 36.6 Å². The van der Waals surface area contributed by atoms with Gasteiger partial charge < -0.3 is 5.11 Å². The minimum absolute atomic E-state index is 0.0643. The van der Waals surface area contributed by atoms with Crippen LogP contribution in [0.4, 0.5) is 0 Å². The predicted molar refractivity (Wildman–Crippen MR) is 107 cm³/mol. The molecule has 0 fully saturated rings. The molecule has 2 atom stereocenters. The lowest BCUT2D eigenvalue weighted by Crippen LogP contribution is -2.52. The minimum Gasteiger partial charge on any atom is -0.478 e. The largest absolute Gasteiger partial charge is 0.478 e. The number of rotatable bonds is 2. The van der Waals surface area contributed by atoms with Crippen LogP contribution in [-0.2, 0) is 20.2 Å². The Kier molecular flexibility index (Phi) is 4.23. The van der Waals surface area contributed by atoms with Crippen LogP contribution in [-0.4, -0.2) is 29.8 Å². The van der Waals surface area contributed by atoms with Crippen molar-refractivity contribution >= 4 is 27.6 Å². The highest BCUT2D eigenvalue weighted by Crippen LogP contribution is 2.52. The van der Waals surface area contributed by atoms with E-state index in [4.69, 9.17) is 11.6 Å². The normalized spacial score (nSPS) is 24.9. The van der Waals surface area contributed by atoms with E-state index in [1.807, 2.05) is 26.0 Å². The van der Waals surface area contributed by atoms with E-state index in [0.717, 1.165) is 0 Å². The van der Waals surface area contributed by atoms with Gasteiger partial charge in [-0.05, 0) is 35.7 Å². The van der Waals surface area contributed by atoms with E-state index >= 15 is 0 Å². The zero-order valence-corrected chi connectivity index (χ0v) is 17.3. The molecule has 0 radical (unpaired) electrons. The van der Waals surface area contributed by atoms with Crippen molar-refractivity contribution in [1.29, 1.82) is 0 Å². The Balaban J connectivity index is 2.02. The minimum atomic E-state index is -3.91. The summed E-state index contributed by atoms with van der Waals surface area (Å²) >= 11 is 5.98. The molecule has 2 aromatic rings. The number of sulfonamides is 1. The van der Waals surface area contributed by atoms with Gasteiger partial charge in [0.05, 0.1) is 22.6 Å². The summed E-state index contributed by atoms with van der Waals surface area (Å²) in [7, 11) is -3.91. The molecule has 2 aliphatic heterocycles. The summed E-state index contributed by atoms with van der Waals surface area (Å²) in [4.78, 5) is 12.3. The first-order valence-electron chi connectivity index (χ1n) is 8.91. The number of nitrogens with zero attached hydrogens (tertiary/aromatic N) is 1. The molecular weight excluding hydrogens is 398 g/mol. The summed E-state index contributed by atoms with van der Waals surface area (Å²) in [5.74, 6) is -1.12. The van der Waals surface area contributed by atoms with E-state index in [0.29, 0.717) is 21.7 Å². The lowest BCUT2D eigenvalue weighted by Gasteiger charge is -2.45. The quantitative estimate of drug-likeness (QED) is 0.799. The summed E-state index contributed by atoms with van der Waals surface area (Å²) in [6.07, 6.45) is 1.59. The summed E-state index contributed by atoms with van der Waals surface area (Å²) < 4.78 is 28.7. The van der Waals surface area contributed by atoms with Crippen molar-refractivity contribution in [3.05, 3.63) is 75.8 Å². The van der Waals surface area contributed by atoms with Crippen LogP contribution in [0.2, 0.25) is 5.02 Å². The van der Waals surface area contributed by atoms with E-state index in [9.17, 15) is 18.3 Å². The number of carbonyl (C=O) groups is 1. The second-order valence-electron chi connectivity index (χ2n) is 7.83. The molecule has 1 N–H and O–H groups in total. The van der Waals surface area contributed by atoms with Crippen molar-refractivity contribution < 1.29 is 18.3 Å². The molecule has 2 aliphatic rings. The van der Waals surface area contributed by atoms with E-state index < -0.39 is 33.5 Å². The third-order valence-electron chi connectivity index (χ3n) is 5.77. The summed E-state index contributed by atoms with van der Waals surface area (Å²) in [5, 5.41) is 10.3. The monoisotopic (exact) mass is 417 g/mol. The van der Waals surface area contributed by atoms with Gasteiger partial charge in [-0.2, -0.15) is 4.31 Å². The van der Waals surface area contributed by atoms with Gasteiger partial charge in [-0.25, -0.2) is 13.2 Å². The summed E-state index contributed by atoms with van der Waals surface area (Å²) in [6.45, 7) is 5.68. The molecule has 28 heavy (non-hydrogen) atoms. The van der Waals surface area contributed by atoms with E-state index in [1.54, 1.807) is 43.3 Å². The third kappa shape index (κ3) is 2.55. The first-order chi connectivity index (χ1) is 13.1. The molecule has 2 heterocycles. The van der Waals surface area contributed by atoms with Crippen molar-refractivity contribution in [3.63, 3.8) is 0 Å². The number of hydrogen-bond acceptors (Lipinski definition) is 3. The molecule has 0 saturated carbocycles. The van der Waals surface area contributed by atoms with E-state index in [1.165, 1.54) is 4.31 Å². The molecule has 0 spiro atoms. The van der Waals surface area contributed by atoms with Crippen LogP contribution < -0.4 is 0 Å². The van der Waals surface area contributed by atoms with Gasteiger partial charge in [0.25, 0.3) is 0 Å². The number of aryl methyl sites for hydroxylation is 1. The van der Waals surface area contributed by atoms with Crippen molar-refractivity contribution in [2.45, 2.75) is 43.2 Å². The Bertz CT molecular complexity index is 1120. The molecule has 0 amide bonds. The highest BCUT2D eigenvalue weighted by Gasteiger charge is 2.56. The maximum atomic E-state index is 13.7. The molecule has 2 aromatic carbocycles. The highest BCUT2D eigenvalue weighted by molar-refractivity contribution is 7.89. The van der Waals surface area contributed by atoms with Gasteiger partial charge in [-0.3, -0.25) is 0 Å². The molecule has 0 aliphatic carbocycles. The van der Waals surface area contributed by atoms with Crippen LogP contribution in [0.15, 0.2) is 59.0 Å². The Morgan fingerprint density at radius 2 is 1.79 bits per heavy atom. The fraction of sp³-hybridized carbons (Fsp3) is 0.286. The number of benzene rings is 2. The predicted octanol–water partition coefficient (Wildman–Crippen LogP) is 4.06. The second kappa shape index (κ2) is 6.17. The molecule has 2 unspecified atom stereocenters. The first-order valence-corrected chi connectivity index (χ1v) is 10.7. The number of aliphatic carboxylic acids is 1. The van der Waals surface area contributed by atoms with Gasteiger partial charge in [-0.1, -0.05) is 61.9 Å². The number of fused-ring (bicyclic) bond motifs is 2. The van der Waals surface area contributed by atoms with Crippen molar-refractivity contribution in [2.24, 2.45) is 0 Å². The fourth-order valence-electron chi connectivity index (χ4n) is 4.37. The van der Waals surface area contributed by atoms with Gasteiger partial charge >= 0.3 is 5.97 Å². The van der Waals surface area contributed by atoms with Gasteiger partial charge in [0.15, 0.2) is 0 Å². The van der Waals surface area contributed by atoms with Crippen molar-refractivity contribution in [3.8, 4) is 0 Å². The van der Waals surface area contributed by atoms with E-state index in [2.05, 4.69) is 0 Å². The highest BCUT2D eigenvalue weighted by atomic mass is 35.5. The fourth-order valence-corrected chi connectivity index (χ4v) is 6.93. The average molecular weight is 418 g/mol. The molecule has 146 valence electrons. The van der Waals surface area contributed by atoms with Crippen molar-refractivity contribution in [2.75, 3.05) is 0 Å². The zero-order valence-electron chi connectivity index (χ0n) is 15.7. The maximum absolute atomic E-state index is 13.7. The SMILES string of the molecule is Cc1cccc2c1S(=O)(=O)N1C(c3ccc(Cl)cc3)C(C(=O)O)=CC1C2(C)C. The van der Waals surface area contributed by atoms with Gasteiger partial charge in [0, 0.05) is 10.4 Å². The van der Waals surface area contributed by atoms with Crippen LogP contribution in [0, 0.1) is 6.92 Å². The molecule has 0 saturated heterocycles. The maximum Gasteiger partial charge on any atom is 0.333 e. The second-order valence-corrected chi connectivity index (χ2v) is 10.1. The van der Waals surface area contributed by atoms with E-state index in [-0.39, 0.29) is 10.5 Å². The molecule has 5 nitrogen and oxygen atoms in total. The number of hydrogen-bond donors (Lipinski definition) is 1. The van der Waals surface area contributed by atoms with Crippen LogP contribution in [0.3, 0.4) is 0 Å². The molecular formula is C21H20ClNO4S. The van der Waals surface area contributed by atoms with Crippen LogP contribution >= 0.6 is 11.6 Å².